The van der Waals surface area contributed by atoms with Gasteiger partial charge in [-0.2, -0.15) is 0 Å². The summed E-state index contributed by atoms with van der Waals surface area (Å²) in [7, 11) is 0. The molecule has 0 radical (unpaired) electrons. The van der Waals surface area contributed by atoms with E-state index in [4.69, 9.17) is 23.2 Å². The van der Waals surface area contributed by atoms with E-state index in [-0.39, 0.29) is 0 Å². The van der Waals surface area contributed by atoms with Gasteiger partial charge in [-0.15, -0.1) is 0 Å². The number of hydrogen-bond donors (Lipinski definition) is 0. The van der Waals surface area contributed by atoms with Crippen LogP contribution in [0.5, 0.6) is 0 Å². The van der Waals surface area contributed by atoms with Gasteiger partial charge >= 0.3 is 0 Å². The Balaban J connectivity index is 2.04. The Hall–Kier alpha value is -0.840. The molecule has 0 aliphatic heterocycles. The molecule has 0 saturated heterocycles. The second-order valence-electron chi connectivity index (χ2n) is 3.42. The molecule has 0 fully saturated rings. The number of thioether (sulfide) groups is 1. The average Bonchev–Trinajstić information content (AvgIpc) is 2.30. The van der Waals surface area contributed by atoms with E-state index in [1.165, 1.54) is 11.8 Å². The Morgan fingerprint density at radius 1 is 1.18 bits per heavy atom. The molecule has 2 heterocycles. The first-order chi connectivity index (χ1) is 8.15. The van der Waals surface area contributed by atoms with Crippen LogP contribution in [0.25, 0.3) is 0 Å². The Morgan fingerprint density at radius 2 is 1.88 bits per heavy atom. The highest BCUT2D eigenvalue weighted by Gasteiger charge is 2.05. The summed E-state index contributed by atoms with van der Waals surface area (Å²) in [4.78, 5) is 12.4. The summed E-state index contributed by atoms with van der Waals surface area (Å²) >= 11 is 13.2. The van der Waals surface area contributed by atoms with Gasteiger partial charge in [-0.1, -0.05) is 41.0 Å². The number of aryl methyl sites for hydroxylation is 1. The molecular weight excluding hydrogens is 277 g/mol. The van der Waals surface area contributed by atoms with Crippen LogP contribution >= 0.6 is 35.0 Å². The van der Waals surface area contributed by atoms with Crippen LogP contribution in [0.1, 0.15) is 11.1 Å². The van der Waals surface area contributed by atoms with Crippen molar-refractivity contribution in [2.75, 3.05) is 0 Å². The van der Waals surface area contributed by atoms with Crippen molar-refractivity contribution in [1.82, 2.24) is 15.0 Å². The third-order valence-electron chi connectivity index (χ3n) is 2.01. The van der Waals surface area contributed by atoms with Crippen LogP contribution in [0.4, 0.5) is 0 Å². The largest absolute Gasteiger partial charge is 0.231 e. The van der Waals surface area contributed by atoms with Crippen molar-refractivity contribution >= 4 is 35.0 Å². The predicted molar refractivity (Wildman–Crippen MR) is 70.6 cm³/mol. The van der Waals surface area contributed by atoms with Gasteiger partial charge in [0.25, 0.3) is 0 Å². The molecule has 0 atom stereocenters. The van der Waals surface area contributed by atoms with Gasteiger partial charge in [0.1, 0.15) is 10.3 Å². The van der Waals surface area contributed by atoms with E-state index in [1.54, 1.807) is 18.5 Å². The highest BCUT2D eigenvalue weighted by Crippen LogP contribution is 2.24. The second kappa shape index (κ2) is 5.67. The molecule has 0 spiro atoms. The van der Waals surface area contributed by atoms with Crippen molar-refractivity contribution in [2.45, 2.75) is 17.8 Å². The van der Waals surface area contributed by atoms with Gasteiger partial charge in [-0.25, -0.2) is 15.0 Å². The van der Waals surface area contributed by atoms with Crippen molar-refractivity contribution in [2.24, 2.45) is 0 Å². The van der Waals surface area contributed by atoms with Crippen LogP contribution in [0, 0.1) is 6.92 Å². The summed E-state index contributed by atoms with van der Waals surface area (Å²) in [5.74, 6) is 0.673. The molecule has 0 aromatic carbocycles. The number of halogens is 2. The molecule has 0 unspecified atom stereocenters. The number of rotatable bonds is 3. The Bertz CT molecular complexity index is 517. The molecule has 2 aromatic heterocycles. The SMILES string of the molecule is Cc1cnc(SCc2ccc(Cl)nc2Cl)nc1. The third-order valence-corrected chi connectivity index (χ3v) is 3.47. The van der Waals surface area contributed by atoms with Crippen molar-refractivity contribution in [3.63, 3.8) is 0 Å². The van der Waals surface area contributed by atoms with Gasteiger partial charge in [0.15, 0.2) is 5.16 Å². The molecule has 17 heavy (non-hydrogen) atoms. The first-order valence-electron chi connectivity index (χ1n) is 4.87. The molecule has 0 bridgehead atoms. The smallest absolute Gasteiger partial charge is 0.187 e. The topological polar surface area (TPSA) is 38.7 Å². The lowest BCUT2D eigenvalue weighted by Crippen LogP contribution is -1.90. The van der Waals surface area contributed by atoms with Gasteiger partial charge in [0, 0.05) is 18.1 Å². The number of hydrogen-bond acceptors (Lipinski definition) is 4. The summed E-state index contributed by atoms with van der Waals surface area (Å²) in [6.45, 7) is 1.95. The molecule has 0 aliphatic carbocycles. The second-order valence-corrected chi connectivity index (χ2v) is 5.10. The molecule has 88 valence electrons. The van der Waals surface area contributed by atoms with Gasteiger partial charge in [-0.3, -0.25) is 0 Å². The third kappa shape index (κ3) is 3.56. The summed E-state index contributed by atoms with van der Waals surface area (Å²) in [6.07, 6.45) is 3.58. The molecular formula is C11H9Cl2N3S. The summed E-state index contributed by atoms with van der Waals surface area (Å²) in [5.41, 5.74) is 1.96. The molecule has 0 amide bonds. The van der Waals surface area contributed by atoms with E-state index in [0.717, 1.165) is 16.3 Å². The van der Waals surface area contributed by atoms with Crippen LogP contribution in [-0.4, -0.2) is 15.0 Å². The fourth-order valence-electron chi connectivity index (χ4n) is 1.15. The summed E-state index contributed by atoms with van der Waals surface area (Å²) in [5, 5.41) is 1.55. The first-order valence-corrected chi connectivity index (χ1v) is 6.61. The minimum atomic E-state index is 0.398. The Morgan fingerprint density at radius 3 is 2.53 bits per heavy atom. The Labute approximate surface area is 114 Å². The van der Waals surface area contributed by atoms with E-state index in [9.17, 15) is 0 Å². The lowest BCUT2D eigenvalue weighted by molar-refractivity contribution is 0.949. The molecule has 2 rings (SSSR count). The minimum absolute atomic E-state index is 0.398. The zero-order valence-electron chi connectivity index (χ0n) is 9.02. The van der Waals surface area contributed by atoms with E-state index < -0.39 is 0 Å². The molecule has 3 nitrogen and oxygen atoms in total. The highest BCUT2D eigenvalue weighted by molar-refractivity contribution is 7.98. The molecule has 0 aliphatic rings. The lowest BCUT2D eigenvalue weighted by atomic mass is 10.3. The quantitative estimate of drug-likeness (QED) is 0.489. The monoisotopic (exact) mass is 285 g/mol. The van der Waals surface area contributed by atoms with Crippen LogP contribution < -0.4 is 0 Å². The summed E-state index contributed by atoms with van der Waals surface area (Å²) < 4.78 is 0. The zero-order chi connectivity index (χ0) is 12.3. The fourth-order valence-corrected chi connectivity index (χ4v) is 2.41. The number of aromatic nitrogens is 3. The van der Waals surface area contributed by atoms with E-state index in [2.05, 4.69) is 15.0 Å². The zero-order valence-corrected chi connectivity index (χ0v) is 11.4. The first kappa shape index (κ1) is 12.6. The van der Waals surface area contributed by atoms with Crippen molar-refractivity contribution in [3.05, 3.63) is 46.0 Å². The van der Waals surface area contributed by atoms with Gasteiger partial charge in [-0.05, 0) is 24.1 Å². The van der Waals surface area contributed by atoms with Gasteiger partial charge in [0.2, 0.25) is 0 Å². The van der Waals surface area contributed by atoms with Crippen LogP contribution in [0.3, 0.4) is 0 Å². The number of nitrogens with zero attached hydrogens (tertiary/aromatic N) is 3. The van der Waals surface area contributed by atoms with Crippen LogP contribution in [0.15, 0.2) is 29.7 Å². The maximum Gasteiger partial charge on any atom is 0.187 e. The van der Waals surface area contributed by atoms with Gasteiger partial charge < -0.3 is 0 Å². The minimum Gasteiger partial charge on any atom is -0.231 e. The molecule has 2 aromatic rings. The standard InChI is InChI=1S/C11H9Cl2N3S/c1-7-4-14-11(15-5-7)17-6-8-2-3-9(12)16-10(8)13/h2-5H,6H2,1H3. The maximum atomic E-state index is 5.97. The lowest BCUT2D eigenvalue weighted by Gasteiger charge is -2.03. The average molecular weight is 286 g/mol. The van der Waals surface area contributed by atoms with Crippen LogP contribution in [-0.2, 0) is 5.75 Å². The maximum absolute atomic E-state index is 5.97. The highest BCUT2D eigenvalue weighted by atomic mass is 35.5. The van der Waals surface area contributed by atoms with E-state index in [0.29, 0.717) is 16.1 Å². The summed E-state index contributed by atoms with van der Waals surface area (Å²) in [6, 6.07) is 3.58. The van der Waals surface area contributed by atoms with E-state index in [1.807, 2.05) is 13.0 Å². The normalized spacial score (nSPS) is 10.5. The van der Waals surface area contributed by atoms with Crippen LogP contribution in [0.2, 0.25) is 10.3 Å². The van der Waals surface area contributed by atoms with Crippen molar-refractivity contribution < 1.29 is 0 Å². The molecule has 6 heteroatoms. The number of pyridine rings is 1. The Kier molecular flexibility index (Phi) is 4.20. The van der Waals surface area contributed by atoms with Crippen molar-refractivity contribution in [3.8, 4) is 0 Å². The fraction of sp³-hybridized carbons (Fsp3) is 0.182. The van der Waals surface area contributed by atoms with Crippen molar-refractivity contribution in [1.29, 1.82) is 0 Å². The van der Waals surface area contributed by atoms with Gasteiger partial charge in [0.05, 0.1) is 0 Å². The molecule has 0 saturated carbocycles. The predicted octanol–water partition coefficient (Wildman–Crippen LogP) is 3.78. The molecule has 0 N–H and O–H groups in total. The van der Waals surface area contributed by atoms with E-state index >= 15 is 0 Å².